The lowest BCUT2D eigenvalue weighted by atomic mass is 10.3. The average molecular weight is 215 g/mol. The molecule has 0 saturated carbocycles. The third kappa shape index (κ3) is 2.05. The van der Waals surface area contributed by atoms with Crippen LogP contribution >= 0.6 is 11.6 Å². The second kappa shape index (κ2) is 4.15. The molecule has 74 valence electrons. The molecular weight excluding hydrogens is 208 g/mol. The third-order valence-electron chi connectivity index (χ3n) is 1.46. The summed E-state index contributed by atoms with van der Waals surface area (Å²) < 4.78 is 4.41. The number of ether oxygens (including phenoxy) is 1. The van der Waals surface area contributed by atoms with Crippen LogP contribution in [-0.4, -0.2) is 28.8 Å². The van der Waals surface area contributed by atoms with Crippen molar-refractivity contribution in [2.75, 3.05) is 7.11 Å². The van der Waals surface area contributed by atoms with Gasteiger partial charge in [-0.3, -0.25) is 4.79 Å². The van der Waals surface area contributed by atoms with Crippen LogP contribution in [0.3, 0.4) is 0 Å². The number of esters is 1. The Morgan fingerprint density at radius 1 is 1.50 bits per heavy atom. The number of hydrogen-bond acceptors (Lipinski definition) is 5. The van der Waals surface area contributed by atoms with E-state index < -0.39 is 5.97 Å². The molecule has 0 aliphatic heterocycles. The van der Waals surface area contributed by atoms with Crippen molar-refractivity contribution in [1.82, 2.24) is 9.97 Å². The Morgan fingerprint density at radius 3 is 2.57 bits per heavy atom. The summed E-state index contributed by atoms with van der Waals surface area (Å²) in [4.78, 5) is 29.3. The quantitative estimate of drug-likeness (QED) is 0.545. The molecule has 0 N–H and O–H groups in total. The minimum absolute atomic E-state index is 0.0255. The second-order valence-corrected chi connectivity index (χ2v) is 2.80. The van der Waals surface area contributed by atoms with Gasteiger partial charge in [0.05, 0.1) is 13.3 Å². The summed E-state index contributed by atoms with van der Waals surface area (Å²) in [5.41, 5.74) is 0.0156. The number of rotatable bonds is 2. The zero-order chi connectivity index (χ0) is 10.7. The number of nitrogens with zero attached hydrogens (tertiary/aromatic N) is 2. The average Bonchev–Trinajstić information content (AvgIpc) is 2.15. The molecule has 1 aromatic rings. The highest BCUT2D eigenvalue weighted by Crippen LogP contribution is 2.11. The maximum atomic E-state index is 11.0. The van der Waals surface area contributed by atoms with E-state index in [4.69, 9.17) is 11.6 Å². The smallest absolute Gasteiger partial charge is 0.358 e. The fraction of sp³-hybridized carbons (Fsp3) is 0.250. The van der Waals surface area contributed by atoms with Gasteiger partial charge >= 0.3 is 5.97 Å². The first-order chi connectivity index (χ1) is 6.56. The molecule has 5 nitrogen and oxygen atoms in total. The van der Waals surface area contributed by atoms with E-state index >= 15 is 0 Å². The summed E-state index contributed by atoms with van der Waals surface area (Å²) in [6.07, 6.45) is 1.15. The molecule has 0 aliphatic rings. The number of Topliss-reactive ketones (excluding diaryl/α,β-unsaturated/α-hetero) is 1. The molecule has 0 unspecified atom stereocenters. The van der Waals surface area contributed by atoms with Crippen LogP contribution in [0.15, 0.2) is 6.20 Å². The number of aromatic nitrogens is 2. The molecule has 0 amide bonds. The van der Waals surface area contributed by atoms with Crippen molar-refractivity contribution in [3.05, 3.63) is 22.7 Å². The predicted molar refractivity (Wildman–Crippen MR) is 48.4 cm³/mol. The Hall–Kier alpha value is -1.49. The van der Waals surface area contributed by atoms with Crippen LogP contribution in [0.5, 0.6) is 0 Å². The molecule has 0 atom stereocenters. The second-order valence-electron chi connectivity index (χ2n) is 2.44. The lowest BCUT2D eigenvalue weighted by molar-refractivity contribution is 0.0593. The molecule has 0 aliphatic carbocycles. The van der Waals surface area contributed by atoms with Crippen molar-refractivity contribution < 1.29 is 14.3 Å². The molecule has 0 fully saturated rings. The van der Waals surface area contributed by atoms with Gasteiger partial charge < -0.3 is 4.74 Å². The Morgan fingerprint density at radius 2 is 2.14 bits per heavy atom. The zero-order valence-electron chi connectivity index (χ0n) is 7.57. The topological polar surface area (TPSA) is 69.2 Å². The summed E-state index contributed by atoms with van der Waals surface area (Å²) in [5.74, 6) is -0.951. The van der Waals surface area contributed by atoms with E-state index in [1.54, 1.807) is 0 Å². The van der Waals surface area contributed by atoms with Gasteiger partial charge in [-0.25, -0.2) is 14.8 Å². The maximum absolute atomic E-state index is 11.0. The highest BCUT2D eigenvalue weighted by Gasteiger charge is 2.13. The molecule has 14 heavy (non-hydrogen) atoms. The van der Waals surface area contributed by atoms with Crippen molar-refractivity contribution >= 4 is 23.4 Å². The minimum Gasteiger partial charge on any atom is -0.464 e. The predicted octanol–water partition coefficient (Wildman–Crippen LogP) is 1.12. The Balaban J connectivity index is 3.12. The first-order valence-electron chi connectivity index (χ1n) is 3.68. The van der Waals surface area contributed by atoms with E-state index in [-0.39, 0.29) is 22.3 Å². The molecular formula is C8H7ClN2O3. The molecule has 1 rings (SSSR count). The van der Waals surface area contributed by atoms with Crippen LogP contribution in [0.2, 0.25) is 5.15 Å². The van der Waals surface area contributed by atoms with Gasteiger partial charge in [-0.15, -0.1) is 0 Å². The van der Waals surface area contributed by atoms with E-state index in [9.17, 15) is 9.59 Å². The van der Waals surface area contributed by atoms with Crippen molar-refractivity contribution in [2.45, 2.75) is 6.92 Å². The molecule has 0 bridgehead atoms. The van der Waals surface area contributed by atoms with Gasteiger partial charge in [-0.1, -0.05) is 11.6 Å². The normalized spacial score (nSPS) is 9.64. The van der Waals surface area contributed by atoms with E-state index in [1.165, 1.54) is 14.0 Å². The molecule has 0 saturated heterocycles. The summed E-state index contributed by atoms with van der Waals surface area (Å²) in [5, 5.41) is -0.0969. The van der Waals surface area contributed by atoms with Crippen molar-refractivity contribution in [3.8, 4) is 0 Å². The monoisotopic (exact) mass is 214 g/mol. The first-order valence-corrected chi connectivity index (χ1v) is 4.06. The van der Waals surface area contributed by atoms with Gasteiger partial charge in [0.15, 0.2) is 16.6 Å². The van der Waals surface area contributed by atoms with Gasteiger partial charge in [0, 0.05) is 6.92 Å². The molecule has 1 heterocycles. The van der Waals surface area contributed by atoms with Crippen molar-refractivity contribution in [3.63, 3.8) is 0 Å². The largest absolute Gasteiger partial charge is 0.464 e. The summed E-state index contributed by atoms with van der Waals surface area (Å²) in [6.45, 7) is 1.31. The van der Waals surface area contributed by atoms with E-state index in [2.05, 4.69) is 14.7 Å². The molecule has 0 aromatic carbocycles. The van der Waals surface area contributed by atoms with Gasteiger partial charge in [0.2, 0.25) is 0 Å². The fourth-order valence-corrected chi connectivity index (χ4v) is 1.08. The summed E-state index contributed by atoms with van der Waals surface area (Å²) in [7, 11) is 1.22. The van der Waals surface area contributed by atoms with Crippen molar-refractivity contribution in [2.24, 2.45) is 0 Å². The highest BCUT2D eigenvalue weighted by molar-refractivity contribution is 6.32. The Kier molecular flexibility index (Phi) is 3.14. The summed E-state index contributed by atoms with van der Waals surface area (Å²) in [6, 6.07) is 0. The Labute approximate surface area is 85.1 Å². The van der Waals surface area contributed by atoms with Crippen LogP contribution < -0.4 is 0 Å². The van der Waals surface area contributed by atoms with Crippen LogP contribution in [0.4, 0.5) is 0 Å². The number of carbonyl (C=O) groups excluding carboxylic acids is 2. The fourth-order valence-electron chi connectivity index (χ4n) is 0.806. The van der Waals surface area contributed by atoms with Crippen molar-refractivity contribution in [1.29, 1.82) is 0 Å². The van der Waals surface area contributed by atoms with Crippen LogP contribution in [-0.2, 0) is 4.74 Å². The van der Waals surface area contributed by atoms with Crippen LogP contribution in [0.1, 0.15) is 27.9 Å². The van der Waals surface area contributed by atoms with E-state index in [1.807, 2.05) is 0 Å². The van der Waals surface area contributed by atoms with Gasteiger partial charge in [-0.05, 0) is 0 Å². The molecule has 1 aromatic heterocycles. The standard InChI is InChI=1S/C8H7ClN2O3/c1-4(12)6-7(9)11-5(3-10-6)8(13)14-2/h3H,1-2H3. The zero-order valence-corrected chi connectivity index (χ0v) is 8.33. The van der Waals surface area contributed by atoms with Gasteiger partial charge in [-0.2, -0.15) is 0 Å². The lowest BCUT2D eigenvalue weighted by Crippen LogP contribution is -2.08. The molecule has 6 heteroatoms. The lowest BCUT2D eigenvalue weighted by Gasteiger charge is -2.00. The van der Waals surface area contributed by atoms with E-state index in [0.29, 0.717) is 0 Å². The highest BCUT2D eigenvalue weighted by atomic mass is 35.5. The van der Waals surface area contributed by atoms with Gasteiger partial charge in [0.25, 0.3) is 0 Å². The maximum Gasteiger partial charge on any atom is 0.358 e. The minimum atomic E-state index is -0.644. The van der Waals surface area contributed by atoms with Crippen LogP contribution in [0, 0.1) is 0 Å². The number of hydrogen-bond donors (Lipinski definition) is 0. The SMILES string of the molecule is COC(=O)c1cnc(C(C)=O)c(Cl)n1. The van der Waals surface area contributed by atoms with Crippen LogP contribution in [0.25, 0.3) is 0 Å². The Bertz CT molecular complexity index is 392. The first kappa shape index (κ1) is 10.6. The summed E-state index contributed by atoms with van der Waals surface area (Å²) >= 11 is 5.62. The van der Waals surface area contributed by atoms with Gasteiger partial charge in [0.1, 0.15) is 5.69 Å². The third-order valence-corrected chi connectivity index (χ3v) is 1.72. The number of ketones is 1. The number of methoxy groups -OCH3 is 1. The molecule has 0 spiro atoms. The number of halogens is 1. The molecule has 0 radical (unpaired) electrons. The number of carbonyl (C=O) groups is 2. The van der Waals surface area contributed by atoms with E-state index in [0.717, 1.165) is 6.20 Å².